The molecule has 3 aliphatic rings. The number of carboxylic acid groups (broad SMARTS) is 1. The van der Waals surface area contributed by atoms with Crippen LogP contribution in [0.4, 0.5) is 14.5 Å². The van der Waals surface area contributed by atoms with Gasteiger partial charge in [0.15, 0.2) is 0 Å². The first kappa shape index (κ1) is 29.2. The van der Waals surface area contributed by atoms with E-state index >= 15 is 0 Å². The molecule has 40 heavy (non-hydrogen) atoms. The molecule has 0 bridgehead atoms. The highest BCUT2D eigenvalue weighted by molar-refractivity contribution is 6.12. The standard InChI is InChI=1S/C29H38F2N6O3/c1-17(38)36-11-9-25(35-21-7-5-18(6-8-21)29(39)40)24(16-36)28(33)37-10-3-4-19-12-22(20(14-32)15-34-2)23(27(30)31)13-26(19)37/h12-15,18,21,27,33,35H,3-11,16,32H2,1-2H3,(H,39,40)/b20-14+,33-28?,34-15?. The second-order valence-electron chi connectivity index (χ2n) is 10.7. The maximum absolute atomic E-state index is 14.3. The Balaban J connectivity index is 1.69. The summed E-state index contributed by atoms with van der Waals surface area (Å²) < 4.78 is 28.5. The van der Waals surface area contributed by atoms with E-state index in [0.29, 0.717) is 74.0 Å². The molecule has 1 aliphatic carbocycles. The molecule has 0 radical (unpaired) electrons. The van der Waals surface area contributed by atoms with Crippen LogP contribution in [0.3, 0.4) is 0 Å². The van der Waals surface area contributed by atoms with Crippen molar-refractivity contribution in [1.29, 1.82) is 5.41 Å². The zero-order valence-corrected chi connectivity index (χ0v) is 23.1. The van der Waals surface area contributed by atoms with E-state index in [1.54, 1.807) is 22.9 Å². The Labute approximate surface area is 233 Å². The Morgan fingerprint density at radius 2 is 1.93 bits per heavy atom. The number of aliphatic imine (C=N–C) groups is 1. The van der Waals surface area contributed by atoms with E-state index in [4.69, 9.17) is 5.73 Å². The number of carboxylic acids is 1. The maximum Gasteiger partial charge on any atom is 0.306 e. The molecule has 1 amide bonds. The van der Waals surface area contributed by atoms with Crippen LogP contribution in [0, 0.1) is 11.3 Å². The van der Waals surface area contributed by atoms with E-state index in [9.17, 15) is 28.9 Å². The topological polar surface area (TPSA) is 135 Å². The van der Waals surface area contributed by atoms with Gasteiger partial charge >= 0.3 is 5.97 Å². The minimum Gasteiger partial charge on any atom is -0.481 e. The molecular formula is C29H38F2N6O3. The second-order valence-corrected chi connectivity index (χ2v) is 10.7. The summed E-state index contributed by atoms with van der Waals surface area (Å²) in [7, 11) is 1.55. The lowest BCUT2D eigenvalue weighted by molar-refractivity contribution is -0.142. The Hall–Kier alpha value is -3.76. The highest BCUT2D eigenvalue weighted by Gasteiger charge is 2.32. The number of halogens is 2. The zero-order valence-electron chi connectivity index (χ0n) is 23.1. The largest absolute Gasteiger partial charge is 0.481 e. The summed E-state index contributed by atoms with van der Waals surface area (Å²) in [6.45, 7) is 2.76. The van der Waals surface area contributed by atoms with Gasteiger partial charge in [-0.05, 0) is 61.8 Å². The average Bonchev–Trinajstić information content (AvgIpc) is 2.94. The Morgan fingerprint density at radius 1 is 1.20 bits per heavy atom. The van der Waals surface area contributed by atoms with E-state index in [1.807, 2.05) is 0 Å². The van der Waals surface area contributed by atoms with E-state index in [-0.39, 0.29) is 35.8 Å². The van der Waals surface area contributed by atoms with Crippen molar-refractivity contribution < 1.29 is 23.5 Å². The molecular weight excluding hydrogens is 518 g/mol. The lowest BCUT2D eigenvalue weighted by atomic mass is 9.85. The summed E-state index contributed by atoms with van der Waals surface area (Å²) in [5, 5.41) is 22.2. The van der Waals surface area contributed by atoms with Crippen molar-refractivity contribution >= 4 is 35.2 Å². The number of anilines is 1. The van der Waals surface area contributed by atoms with Gasteiger partial charge in [0.1, 0.15) is 5.84 Å². The first-order chi connectivity index (χ1) is 19.1. The molecule has 0 saturated heterocycles. The predicted molar refractivity (Wildman–Crippen MR) is 152 cm³/mol. The predicted octanol–water partition coefficient (Wildman–Crippen LogP) is 4.09. The summed E-state index contributed by atoms with van der Waals surface area (Å²) in [5.74, 6) is -0.998. The van der Waals surface area contributed by atoms with E-state index in [1.165, 1.54) is 25.4 Å². The molecule has 4 rings (SSSR count). The number of alkyl halides is 2. The van der Waals surface area contributed by atoms with Gasteiger partial charge in [0, 0.05) is 80.0 Å². The lowest BCUT2D eigenvalue weighted by Gasteiger charge is -2.38. The molecule has 0 unspecified atom stereocenters. The number of hydrogen-bond acceptors (Lipinski definition) is 6. The lowest BCUT2D eigenvalue weighted by Crippen LogP contribution is -2.46. The minimum absolute atomic E-state index is 0.0839. The van der Waals surface area contributed by atoms with Gasteiger partial charge in [0.2, 0.25) is 5.91 Å². The third kappa shape index (κ3) is 6.18. The molecule has 0 aromatic heterocycles. The van der Waals surface area contributed by atoms with Crippen LogP contribution in [0.2, 0.25) is 0 Å². The van der Waals surface area contributed by atoms with Gasteiger partial charge in [-0.3, -0.25) is 20.0 Å². The van der Waals surface area contributed by atoms with Crippen molar-refractivity contribution in [1.82, 2.24) is 10.2 Å². The fourth-order valence-corrected chi connectivity index (χ4v) is 5.96. The van der Waals surface area contributed by atoms with Gasteiger partial charge < -0.3 is 26.0 Å². The highest BCUT2D eigenvalue weighted by atomic mass is 19.3. The van der Waals surface area contributed by atoms with Crippen LogP contribution in [0.5, 0.6) is 0 Å². The number of aliphatic carboxylic acids is 1. The third-order valence-electron chi connectivity index (χ3n) is 8.16. The number of carbonyl (C=O) groups excluding carboxylic acids is 1. The van der Waals surface area contributed by atoms with Gasteiger partial charge in [-0.1, -0.05) is 0 Å². The first-order valence-electron chi connectivity index (χ1n) is 13.8. The minimum atomic E-state index is -2.75. The summed E-state index contributed by atoms with van der Waals surface area (Å²) in [6, 6.07) is 3.27. The smallest absolute Gasteiger partial charge is 0.306 e. The van der Waals surface area contributed by atoms with Crippen molar-refractivity contribution in [2.24, 2.45) is 16.6 Å². The van der Waals surface area contributed by atoms with Crippen LogP contribution in [-0.2, 0) is 16.0 Å². The number of nitrogens with one attached hydrogen (secondary N) is 2. The summed E-state index contributed by atoms with van der Waals surface area (Å²) >= 11 is 0. The number of benzene rings is 1. The van der Waals surface area contributed by atoms with Crippen LogP contribution < -0.4 is 16.0 Å². The van der Waals surface area contributed by atoms with Crippen molar-refractivity contribution in [2.45, 2.75) is 64.3 Å². The van der Waals surface area contributed by atoms with E-state index in [0.717, 1.165) is 17.7 Å². The monoisotopic (exact) mass is 556 g/mol. The summed E-state index contributed by atoms with van der Waals surface area (Å²) in [6.07, 6.45) is 4.53. The number of aryl methyl sites for hydroxylation is 1. The van der Waals surface area contributed by atoms with Gasteiger partial charge in [-0.15, -0.1) is 0 Å². The number of rotatable bonds is 7. The van der Waals surface area contributed by atoms with Gasteiger partial charge in [-0.2, -0.15) is 0 Å². The number of amidine groups is 1. The number of carbonyl (C=O) groups is 2. The molecule has 1 fully saturated rings. The Bertz CT molecular complexity index is 1250. The molecule has 2 heterocycles. The number of amides is 1. The van der Waals surface area contributed by atoms with E-state index < -0.39 is 12.4 Å². The zero-order chi connectivity index (χ0) is 29.0. The Morgan fingerprint density at radius 3 is 2.52 bits per heavy atom. The maximum atomic E-state index is 14.3. The van der Waals surface area contributed by atoms with Crippen molar-refractivity contribution in [3.05, 3.63) is 46.3 Å². The molecule has 5 N–H and O–H groups in total. The fourth-order valence-electron chi connectivity index (χ4n) is 5.96. The first-order valence-corrected chi connectivity index (χ1v) is 13.8. The number of nitrogens with two attached hydrogens (primary N) is 1. The van der Waals surface area contributed by atoms with Gasteiger partial charge in [0.05, 0.1) is 12.5 Å². The molecule has 9 nitrogen and oxygen atoms in total. The number of hydrogen-bond donors (Lipinski definition) is 4. The second kappa shape index (κ2) is 12.6. The Kier molecular flexibility index (Phi) is 9.21. The molecule has 1 aromatic rings. The van der Waals surface area contributed by atoms with Crippen LogP contribution in [0.15, 0.2) is 34.6 Å². The molecule has 11 heteroatoms. The quantitative estimate of drug-likeness (QED) is 0.295. The average molecular weight is 557 g/mol. The van der Waals surface area contributed by atoms with E-state index in [2.05, 4.69) is 10.3 Å². The van der Waals surface area contributed by atoms with Gasteiger partial charge in [-0.25, -0.2) is 8.78 Å². The van der Waals surface area contributed by atoms with Crippen LogP contribution in [-0.4, -0.2) is 66.7 Å². The summed E-state index contributed by atoms with van der Waals surface area (Å²) in [5.41, 5.74) is 9.25. The molecule has 1 aromatic carbocycles. The van der Waals surface area contributed by atoms with Crippen molar-refractivity contribution in [3.8, 4) is 0 Å². The van der Waals surface area contributed by atoms with Crippen molar-refractivity contribution in [2.75, 3.05) is 31.6 Å². The van der Waals surface area contributed by atoms with Crippen LogP contribution in [0.1, 0.15) is 68.6 Å². The molecule has 1 saturated carbocycles. The molecule has 2 aliphatic heterocycles. The van der Waals surface area contributed by atoms with Crippen LogP contribution >= 0.6 is 0 Å². The molecule has 216 valence electrons. The van der Waals surface area contributed by atoms with Crippen molar-refractivity contribution in [3.63, 3.8) is 0 Å². The van der Waals surface area contributed by atoms with Crippen LogP contribution in [0.25, 0.3) is 5.57 Å². The third-order valence-corrected chi connectivity index (χ3v) is 8.16. The fraction of sp³-hybridized carbons (Fsp3) is 0.517. The SMILES string of the molecule is CN=C/C(=C\N)c1cc2c(cc1C(F)F)N(C(=N)C1=C(NC3CCC(C(=O)O)CC3)CCN(C(C)=O)C1)CCC2. The van der Waals surface area contributed by atoms with Gasteiger partial charge in [0.25, 0.3) is 6.43 Å². The molecule has 0 atom stereocenters. The molecule has 0 spiro atoms. The number of allylic oxidation sites excluding steroid dienone is 1. The normalized spacial score (nSPS) is 22.1. The number of fused-ring (bicyclic) bond motifs is 1. The highest BCUT2D eigenvalue weighted by Crippen LogP contribution is 2.38. The number of nitrogens with zero attached hydrogens (tertiary/aromatic N) is 3. The summed E-state index contributed by atoms with van der Waals surface area (Å²) in [4.78, 5) is 31.1.